The van der Waals surface area contributed by atoms with Crippen LogP contribution >= 0.6 is 0 Å². The summed E-state index contributed by atoms with van der Waals surface area (Å²) in [7, 11) is 0. The molecule has 0 radical (unpaired) electrons. The van der Waals surface area contributed by atoms with Gasteiger partial charge in [0.2, 0.25) is 0 Å². The van der Waals surface area contributed by atoms with E-state index in [-0.39, 0.29) is 1.43 Å². The van der Waals surface area contributed by atoms with Crippen LogP contribution in [0.3, 0.4) is 0 Å². The number of rotatable bonds is 8. The average Bonchev–Trinajstić information content (AvgIpc) is 2.33. The molecule has 0 aliphatic heterocycles. The van der Waals surface area contributed by atoms with Crippen LogP contribution in [-0.2, 0) is 0 Å². The molecule has 20 heavy (non-hydrogen) atoms. The van der Waals surface area contributed by atoms with Crippen molar-refractivity contribution in [3.63, 3.8) is 0 Å². The SMILES string of the molecule is C=C(CCC(C)C)C(C)C.CC(C)CCC(C)C(C)C.[HH]. The number of hydrogen-bond acceptors (Lipinski definition) is 0. The lowest BCUT2D eigenvalue weighted by atomic mass is 9.91. The molecule has 0 heteroatoms. The topological polar surface area (TPSA) is 0 Å². The summed E-state index contributed by atoms with van der Waals surface area (Å²) in [5.41, 5.74) is 1.40. The van der Waals surface area contributed by atoms with Crippen LogP contribution in [-0.4, -0.2) is 0 Å². The van der Waals surface area contributed by atoms with Crippen LogP contribution in [0.5, 0.6) is 0 Å². The van der Waals surface area contributed by atoms with E-state index in [1.54, 1.807) is 0 Å². The molecule has 0 amide bonds. The van der Waals surface area contributed by atoms with Crippen molar-refractivity contribution in [2.45, 2.75) is 88.0 Å². The van der Waals surface area contributed by atoms with Gasteiger partial charge in [0, 0.05) is 1.43 Å². The van der Waals surface area contributed by atoms with Crippen molar-refractivity contribution < 1.29 is 1.43 Å². The molecule has 0 N–H and O–H groups in total. The van der Waals surface area contributed by atoms with Crippen LogP contribution in [0.25, 0.3) is 0 Å². The van der Waals surface area contributed by atoms with Crippen LogP contribution in [0.1, 0.15) is 89.4 Å². The molecule has 0 spiro atoms. The van der Waals surface area contributed by atoms with E-state index in [1.165, 1.54) is 31.3 Å². The van der Waals surface area contributed by atoms with Crippen molar-refractivity contribution in [1.82, 2.24) is 0 Å². The van der Waals surface area contributed by atoms with E-state index < -0.39 is 0 Å². The molecule has 1 atom stereocenters. The Labute approximate surface area is 131 Å². The van der Waals surface area contributed by atoms with Crippen molar-refractivity contribution in [2.75, 3.05) is 0 Å². The minimum absolute atomic E-state index is 0. The van der Waals surface area contributed by atoms with Gasteiger partial charge in [-0.1, -0.05) is 87.3 Å². The minimum Gasteiger partial charge on any atom is -0.0996 e. The van der Waals surface area contributed by atoms with Gasteiger partial charge in [0.05, 0.1) is 0 Å². The molecule has 0 bridgehead atoms. The zero-order valence-corrected chi connectivity index (χ0v) is 15.9. The van der Waals surface area contributed by atoms with Crippen molar-refractivity contribution in [3.8, 4) is 0 Å². The maximum atomic E-state index is 4.03. The molecule has 0 nitrogen and oxygen atoms in total. The highest BCUT2D eigenvalue weighted by atomic mass is 14.1. The minimum atomic E-state index is 0. The first-order valence-electron chi connectivity index (χ1n) is 8.75. The maximum Gasteiger partial charge on any atom is 0 e. The Morgan fingerprint density at radius 1 is 0.750 bits per heavy atom. The van der Waals surface area contributed by atoms with Gasteiger partial charge in [-0.3, -0.25) is 0 Å². The van der Waals surface area contributed by atoms with E-state index in [0.717, 1.165) is 23.7 Å². The predicted molar refractivity (Wildman–Crippen MR) is 98.2 cm³/mol. The summed E-state index contributed by atoms with van der Waals surface area (Å²) in [6.45, 7) is 24.5. The van der Waals surface area contributed by atoms with Gasteiger partial charge in [-0.05, 0) is 42.4 Å². The smallest absolute Gasteiger partial charge is 0 e. The van der Waals surface area contributed by atoms with Crippen LogP contribution in [0.4, 0.5) is 0 Å². The molecule has 0 aliphatic carbocycles. The molecule has 124 valence electrons. The molecule has 0 aromatic heterocycles. The van der Waals surface area contributed by atoms with Crippen LogP contribution < -0.4 is 0 Å². The van der Waals surface area contributed by atoms with E-state index in [2.05, 4.69) is 68.9 Å². The highest BCUT2D eigenvalue weighted by Crippen LogP contribution is 2.18. The van der Waals surface area contributed by atoms with E-state index in [9.17, 15) is 0 Å². The van der Waals surface area contributed by atoms with Gasteiger partial charge in [-0.2, -0.15) is 0 Å². The van der Waals surface area contributed by atoms with Crippen molar-refractivity contribution in [2.24, 2.45) is 29.6 Å². The molecule has 0 heterocycles. The fraction of sp³-hybridized carbons (Fsp3) is 0.900. The van der Waals surface area contributed by atoms with Crippen molar-refractivity contribution in [3.05, 3.63) is 12.2 Å². The van der Waals surface area contributed by atoms with Crippen molar-refractivity contribution >= 4 is 0 Å². The van der Waals surface area contributed by atoms with Gasteiger partial charge in [0.1, 0.15) is 0 Å². The fourth-order valence-corrected chi connectivity index (χ4v) is 1.69. The molecule has 0 saturated carbocycles. The summed E-state index contributed by atoms with van der Waals surface area (Å²) in [6, 6.07) is 0. The Morgan fingerprint density at radius 3 is 1.50 bits per heavy atom. The van der Waals surface area contributed by atoms with E-state index in [0.29, 0.717) is 5.92 Å². The Hall–Kier alpha value is -0.260. The van der Waals surface area contributed by atoms with Crippen LogP contribution in [0, 0.1) is 29.6 Å². The second kappa shape index (κ2) is 12.5. The summed E-state index contributed by atoms with van der Waals surface area (Å²) in [5.74, 6) is 4.12. The van der Waals surface area contributed by atoms with Gasteiger partial charge >= 0.3 is 0 Å². The van der Waals surface area contributed by atoms with Gasteiger partial charge in [-0.25, -0.2) is 0 Å². The Bertz CT molecular complexity index is 226. The lowest BCUT2D eigenvalue weighted by molar-refractivity contribution is 0.358. The molecule has 0 aromatic carbocycles. The van der Waals surface area contributed by atoms with Gasteiger partial charge < -0.3 is 0 Å². The fourth-order valence-electron chi connectivity index (χ4n) is 1.69. The molecular weight excluding hydrogens is 240 g/mol. The summed E-state index contributed by atoms with van der Waals surface area (Å²) in [5, 5.41) is 0. The zero-order chi connectivity index (χ0) is 16.3. The third-order valence-electron chi connectivity index (χ3n) is 4.20. The van der Waals surface area contributed by atoms with Crippen LogP contribution in [0.15, 0.2) is 12.2 Å². The van der Waals surface area contributed by atoms with E-state index in [1.807, 2.05) is 0 Å². The molecule has 0 fully saturated rings. The molecule has 1 unspecified atom stereocenters. The van der Waals surface area contributed by atoms with Crippen LogP contribution in [0.2, 0.25) is 0 Å². The monoisotopic (exact) mass is 284 g/mol. The standard InChI is InChI=1S/C10H22.C10H20.H2/c2*1-8(2)6-7-10(5)9(3)4;/h8-10H,6-7H2,1-5H3;8-9H,5-7H2,1-4H3;1H. The molecule has 0 aromatic rings. The molecule has 0 rings (SSSR count). The zero-order valence-electron chi connectivity index (χ0n) is 15.9. The molecule has 0 aliphatic rings. The van der Waals surface area contributed by atoms with Gasteiger partial charge in [0.15, 0.2) is 0 Å². The van der Waals surface area contributed by atoms with Crippen molar-refractivity contribution in [1.29, 1.82) is 0 Å². The van der Waals surface area contributed by atoms with Gasteiger partial charge in [0.25, 0.3) is 0 Å². The first kappa shape index (κ1) is 22.0. The first-order valence-corrected chi connectivity index (χ1v) is 8.75. The average molecular weight is 285 g/mol. The highest BCUT2D eigenvalue weighted by molar-refractivity contribution is 4.96. The lowest BCUT2D eigenvalue weighted by Crippen LogP contribution is -2.04. The van der Waals surface area contributed by atoms with E-state index in [4.69, 9.17) is 0 Å². The van der Waals surface area contributed by atoms with E-state index >= 15 is 0 Å². The number of hydrogen-bond donors (Lipinski definition) is 0. The molecular formula is C20H44. The predicted octanol–water partition coefficient (Wildman–Crippen LogP) is 7.60. The maximum absolute atomic E-state index is 4.03. The summed E-state index contributed by atoms with van der Waals surface area (Å²) >= 11 is 0. The Kier molecular flexibility index (Phi) is 13.7. The third kappa shape index (κ3) is 15.8. The molecule has 0 saturated heterocycles. The summed E-state index contributed by atoms with van der Waals surface area (Å²) in [6.07, 6.45) is 5.28. The second-order valence-corrected chi connectivity index (χ2v) is 7.94. The van der Waals surface area contributed by atoms with Gasteiger partial charge in [-0.15, -0.1) is 0 Å². The largest absolute Gasteiger partial charge is 0.0996 e. The second-order valence-electron chi connectivity index (χ2n) is 7.94. The summed E-state index contributed by atoms with van der Waals surface area (Å²) < 4.78 is 0. The lowest BCUT2D eigenvalue weighted by Gasteiger charge is -2.15. The Balaban J connectivity index is -0.000000295. The number of allylic oxidation sites excluding steroid dienone is 1. The summed E-state index contributed by atoms with van der Waals surface area (Å²) in [4.78, 5) is 0. The normalized spacial score (nSPS) is 12.8. The Morgan fingerprint density at radius 2 is 1.20 bits per heavy atom. The quantitative estimate of drug-likeness (QED) is 0.403. The third-order valence-corrected chi connectivity index (χ3v) is 4.20. The first-order chi connectivity index (χ1) is 9.07. The highest BCUT2D eigenvalue weighted by Gasteiger charge is 2.06.